The van der Waals surface area contributed by atoms with Crippen LogP contribution >= 0.6 is 0 Å². The van der Waals surface area contributed by atoms with Gasteiger partial charge in [0.2, 0.25) is 0 Å². The van der Waals surface area contributed by atoms with Crippen LogP contribution in [0.1, 0.15) is 11.1 Å². The molecule has 0 bridgehead atoms. The van der Waals surface area contributed by atoms with Crippen molar-refractivity contribution < 1.29 is 24.1 Å². The number of hydrazone groups is 1. The van der Waals surface area contributed by atoms with Gasteiger partial charge in [-0.2, -0.15) is 5.10 Å². The molecule has 0 spiro atoms. The number of nitrogens with one attached hydrogen (secondary N) is 1. The Bertz CT molecular complexity index is 1200. The lowest BCUT2D eigenvalue weighted by Gasteiger charge is -2.12. The van der Waals surface area contributed by atoms with E-state index in [4.69, 9.17) is 14.2 Å². The van der Waals surface area contributed by atoms with Gasteiger partial charge in [-0.15, -0.1) is 0 Å². The van der Waals surface area contributed by atoms with Gasteiger partial charge in [0.1, 0.15) is 24.7 Å². The van der Waals surface area contributed by atoms with Crippen molar-refractivity contribution in [3.8, 4) is 17.2 Å². The van der Waals surface area contributed by atoms with Crippen molar-refractivity contribution in [3.05, 3.63) is 92.0 Å². The van der Waals surface area contributed by atoms with E-state index >= 15 is 0 Å². The van der Waals surface area contributed by atoms with E-state index in [9.17, 15) is 20.2 Å². The van der Waals surface area contributed by atoms with Crippen LogP contribution in [0, 0.1) is 27.2 Å². The van der Waals surface area contributed by atoms with Crippen molar-refractivity contribution in [2.24, 2.45) is 5.10 Å². The monoisotopic (exact) mass is 466 g/mol. The largest absolute Gasteiger partial charge is 0.493 e. The molecule has 3 rings (SSSR count). The van der Waals surface area contributed by atoms with Crippen molar-refractivity contribution in [2.45, 2.75) is 6.92 Å². The molecule has 0 aliphatic carbocycles. The van der Waals surface area contributed by atoms with Crippen LogP contribution in [0.5, 0.6) is 17.2 Å². The van der Waals surface area contributed by atoms with Crippen LogP contribution in [0.2, 0.25) is 0 Å². The number of nitro benzene ring substituents is 2. The molecule has 0 aromatic heterocycles. The van der Waals surface area contributed by atoms with E-state index in [2.05, 4.69) is 10.5 Å². The Labute approximate surface area is 194 Å². The summed E-state index contributed by atoms with van der Waals surface area (Å²) in [6.07, 6.45) is 1.43. The zero-order chi connectivity index (χ0) is 24.5. The summed E-state index contributed by atoms with van der Waals surface area (Å²) >= 11 is 0. The molecule has 0 heterocycles. The zero-order valence-corrected chi connectivity index (χ0v) is 18.5. The molecule has 0 saturated carbocycles. The summed E-state index contributed by atoms with van der Waals surface area (Å²) in [5.74, 6) is 1.75. The number of ether oxygens (including phenoxy) is 3. The molecule has 0 amide bonds. The zero-order valence-electron chi connectivity index (χ0n) is 18.5. The van der Waals surface area contributed by atoms with Crippen LogP contribution in [0.25, 0.3) is 0 Å². The van der Waals surface area contributed by atoms with E-state index < -0.39 is 15.5 Å². The van der Waals surface area contributed by atoms with Gasteiger partial charge in [-0.25, -0.2) is 0 Å². The van der Waals surface area contributed by atoms with Crippen molar-refractivity contribution in [2.75, 3.05) is 25.7 Å². The van der Waals surface area contributed by atoms with E-state index in [0.717, 1.165) is 23.4 Å². The standard InChI is InChI=1S/C23H22N4O7/c1-16-3-7-19(8-4-16)33-11-12-34-22-10-5-17(13-23(22)32-2)15-24-25-20-9-6-18(26(28)29)14-21(20)27(30)31/h3-10,13-15,25H,11-12H2,1-2H3. The normalized spacial score (nSPS) is 10.6. The third-order valence-electron chi connectivity index (χ3n) is 4.61. The molecule has 3 aromatic rings. The fourth-order valence-corrected chi connectivity index (χ4v) is 2.88. The summed E-state index contributed by atoms with van der Waals surface area (Å²) < 4.78 is 16.7. The first-order valence-electron chi connectivity index (χ1n) is 10.1. The topological polar surface area (TPSA) is 138 Å². The van der Waals surface area contributed by atoms with E-state index in [0.29, 0.717) is 30.3 Å². The lowest BCUT2D eigenvalue weighted by Crippen LogP contribution is -2.09. The summed E-state index contributed by atoms with van der Waals surface area (Å²) in [6, 6.07) is 16.1. The van der Waals surface area contributed by atoms with Crippen LogP contribution in [0.3, 0.4) is 0 Å². The molecule has 3 aromatic carbocycles. The highest BCUT2D eigenvalue weighted by atomic mass is 16.6. The number of hydrogen-bond donors (Lipinski definition) is 1. The summed E-state index contributed by atoms with van der Waals surface area (Å²) in [5.41, 5.74) is 3.51. The summed E-state index contributed by atoms with van der Waals surface area (Å²) in [6.45, 7) is 2.67. The van der Waals surface area contributed by atoms with E-state index in [1.165, 1.54) is 19.4 Å². The number of rotatable bonds is 11. The summed E-state index contributed by atoms with van der Waals surface area (Å²) in [5, 5.41) is 26.0. The van der Waals surface area contributed by atoms with Crippen LogP contribution in [-0.2, 0) is 0 Å². The fraction of sp³-hybridized carbons (Fsp3) is 0.174. The van der Waals surface area contributed by atoms with Crippen LogP contribution < -0.4 is 19.6 Å². The predicted octanol–water partition coefficient (Wildman–Crippen LogP) is 4.72. The van der Waals surface area contributed by atoms with Crippen molar-refractivity contribution in [1.29, 1.82) is 0 Å². The maximum Gasteiger partial charge on any atom is 0.301 e. The lowest BCUT2D eigenvalue weighted by atomic mass is 10.2. The predicted molar refractivity (Wildman–Crippen MR) is 126 cm³/mol. The fourth-order valence-electron chi connectivity index (χ4n) is 2.88. The van der Waals surface area contributed by atoms with Crippen molar-refractivity contribution >= 4 is 23.3 Å². The minimum Gasteiger partial charge on any atom is -0.493 e. The number of nitrogens with zero attached hydrogens (tertiary/aromatic N) is 3. The molecule has 1 N–H and O–H groups in total. The molecular formula is C23H22N4O7. The molecule has 0 atom stereocenters. The van der Waals surface area contributed by atoms with Gasteiger partial charge in [0.25, 0.3) is 5.69 Å². The summed E-state index contributed by atoms with van der Waals surface area (Å²) in [4.78, 5) is 20.6. The molecular weight excluding hydrogens is 444 g/mol. The number of anilines is 1. The number of nitro groups is 2. The average molecular weight is 466 g/mol. The Kier molecular flexibility index (Phi) is 7.95. The molecule has 0 aliphatic heterocycles. The smallest absolute Gasteiger partial charge is 0.301 e. The van der Waals surface area contributed by atoms with E-state index in [-0.39, 0.29) is 11.4 Å². The van der Waals surface area contributed by atoms with Gasteiger partial charge in [-0.3, -0.25) is 25.7 Å². The molecule has 0 aliphatic rings. The maximum atomic E-state index is 11.2. The quantitative estimate of drug-likeness (QED) is 0.185. The molecule has 34 heavy (non-hydrogen) atoms. The molecule has 0 saturated heterocycles. The lowest BCUT2D eigenvalue weighted by molar-refractivity contribution is -0.393. The van der Waals surface area contributed by atoms with Gasteiger partial charge in [-0.05, 0) is 48.9 Å². The second-order valence-electron chi connectivity index (χ2n) is 7.01. The van der Waals surface area contributed by atoms with Gasteiger partial charge < -0.3 is 14.2 Å². The Balaban J connectivity index is 1.60. The van der Waals surface area contributed by atoms with Gasteiger partial charge in [0.15, 0.2) is 11.5 Å². The van der Waals surface area contributed by atoms with Gasteiger partial charge >= 0.3 is 5.69 Å². The number of methoxy groups -OCH3 is 1. The minimum atomic E-state index is -0.720. The average Bonchev–Trinajstić information content (AvgIpc) is 2.83. The maximum absolute atomic E-state index is 11.2. The van der Waals surface area contributed by atoms with E-state index in [1.807, 2.05) is 31.2 Å². The first-order valence-corrected chi connectivity index (χ1v) is 10.1. The number of benzene rings is 3. The van der Waals surface area contributed by atoms with Crippen LogP contribution in [0.15, 0.2) is 65.8 Å². The molecule has 11 heteroatoms. The molecule has 11 nitrogen and oxygen atoms in total. The Hall–Kier alpha value is -4.67. The molecule has 0 radical (unpaired) electrons. The molecule has 176 valence electrons. The number of non-ortho nitro benzene ring substituents is 1. The Morgan fingerprint density at radius 3 is 2.32 bits per heavy atom. The SMILES string of the molecule is COc1cc(C=NNc2ccc([N+](=O)[O-])cc2[N+](=O)[O-])ccc1OCCOc1ccc(C)cc1. The number of aryl methyl sites for hydroxylation is 1. The Morgan fingerprint density at radius 2 is 1.65 bits per heavy atom. The first-order chi connectivity index (χ1) is 16.4. The second-order valence-corrected chi connectivity index (χ2v) is 7.01. The Morgan fingerprint density at radius 1 is 0.912 bits per heavy atom. The molecule has 0 fully saturated rings. The highest BCUT2D eigenvalue weighted by Gasteiger charge is 2.19. The molecule has 0 unspecified atom stereocenters. The summed E-state index contributed by atoms with van der Waals surface area (Å²) in [7, 11) is 1.50. The highest BCUT2D eigenvalue weighted by molar-refractivity contribution is 5.82. The first kappa shape index (κ1) is 24.0. The van der Waals surface area contributed by atoms with Crippen molar-refractivity contribution in [1.82, 2.24) is 0 Å². The van der Waals surface area contributed by atoms with Crippen LogP contribution in [-0.4, -0.2) is 36.4 Å². The van der Waals surface area contributed by atoms with Crippen LogP contribution in [0.4, 0.5) is 17.1 Å². The second kappa shape index (κ2) is 11.3. The minimum absolute atomic E-state index is 0.0207. The van der Waals surface area contributed by atoms with Gasteiger partial charge in [-0.1, -0.05) is 17.7 Å². The number of hydrogen-bond acceptors (Lipinski definition) is 9. The third kappa shape index (κ3) is 6.42. The van der Waals surface area contributed by atoms with Gasteiger partial charge in [0.05, 0.1) is 29.2 Å². The highest BCUT2D eigenvalue weighted by Crippen LogP contribution is 2.30. The third-order valence-corrected chi connectivity index (χ3v) is 4.61. The van der Waals surface area contributed by atoms with E-state index in [1.54, 1.807) is 18.2 Å². The van der Waals surface area contributed by atoms with Gasteiger partial charge in [0, 0.05) is 6.07 Å². The van der Waals surface area contributed by atoms with Crippen molar-refractivity contribution in [3.63, 3.8) is 0 Å².